The Morgan fingerprint density at radius 1 is 1.32 bits per heavy atom. The Kier molecular flexibility index (Phi) is 4.08. The number of nitrogens with zero attached hydrogens (tertiary/aromatic N) is 1. The van der Waals surface area contributed by atoms with Crippen molar-refractivity contribution in [2.24, 2.45) is 11.8 Å². The highest BCUT2D eigenvalue weighted by molar-refractivity contribution is 5.76. The van der Waals surface area contributed by atoms with Crippen LogP contribution in [-0.4, -0.2) is 49.2 Å². The van der Waals surface area contributed by atoms with Gasteiger partial charge in [0.15, 0.2) is 0 Å². The molecule has 0 aliphatic carbocycles. The van der Waals surface area contributed by atoms with E-state index in [1.807, 2.05) is 0 Å². The number of carbonyl (C=O) groups is 1. The summed E-state index contributed by atoms with van der Waals surface area (Å²) in [4.78, 5) is 14.5. The highest BCUT2D eigenvalue weighted by Crippen LogP contribution is 2.28. The standard InChI is InChI=1S/C15H26N2O2/c1-11(12-3-2-6-16-8-12)7-15(18)17-9-13-4-5-14(10-17)19-13/h11-14,16H,2-10H2,1H3. The van der Waals surface area contributed by atoms with E-state index < -0.39 is 0 Å². The van der Waals surface area contributed by atoms with Crippen molar-refractivity contribution in [3.8, 4) is 0 Å². The molecule has 4 heteroatoms. The molecule has 1 amide bonds. The van der Waals surface area contributed by atoms with E-state index in [9.17, 15) is 4.79 Å². The van der Waals surface area contributed by atoms with Crippen LogP contribution in [0.2, 0.25) is 0 Å². The van der Waals surface area contributed by atoms with Crippen molar-refractivity contribution in [3.63, 3.8) is 0 Å². The molecule has 0 radical (unpaired) electrons. The summed E-state index contributed by atoms with van der Waals surface area (Å²) in [6.45, 7) is 6.12. The summed E-state index contributed by atoms with van der Waals surface area (Å²) in [6, 6.07) is 0. The van der Waals surface area contributed by atoms with Gasteiger partial charge in [-0.25, -0.2) is 0 Å². The van der Waals surface area contributed by atoms with Crippen LogP contribution in [-0.2, 0) is 9.53 Å². The largest absolute Gasteiger partial charge is 0.371 e. The van der Waals surface area contributed by atoms with Crippen LogP contribution in [0.4, 0.5) is 0 Å². The first-order valence-corrected chi connectivity index (χ1v) is 7.86. The second kappa shape index (κ2) is 5.80. The van der Waals surface area contributed by atoms with Crippen molar-refractivity contribution in [1.29, 1.82) is 0 Å². The first-order chi connectivity index (χ1) is 9.22. The first-order valence-electron chi connectivity index (χ1n) is 7.86. The lowest BCUT2D eigenvalue weighted by Crippen LogP contribution is -2.46. The Hall–Kier alpha value is -0.610. The van der Waals surface area contributed by atoms with Crippen LogP contribution in [0.1, 0.15) is 39.0 Å². The fourth-order valence-corrected chi connectivity index (χ4v) is 3.75. The number of likely N-dealkylation sites (tertiary alicyclic amines) is 1. The molecule has 3 saturated heterocycles. The van der Waals surface area contributed by atoms with Crippen LogP contribution in [0.3, 0.4) is 0 Å². The number of piperidine rings is 1. The summed E-state index contributed by atoms with van der Waals surface area (Å²) in [7, 11) is 0. The SMILES string of the molecule is CC(CC(=O)N1CC2CCC(C1)O2)C1CCCNC1. The Balaban J connectivity index is 1.50. The fourth-order valence-electron chi connectivity index (χ4n) is 3.75. The lowest BCUT2D eigenvalue weighted by Gasteiger charge is -2.34. The maximum atomic E-state index is 12.4. The van der Waals surface area contributed by atoms with E-state index in [4.69, 9.17) is 4.74 Å². The minimum atomic E-state index is 0.314. The quantitative estimate of drug-likeness (QED) is 0.839. The van der Waals surface area contributed by atoms with Crippen molar-refractivity contribution in [3.05, 3.63) is 0 Å². The minimum Gasteiger partial charge on any atom is -0.371 e. The number of rotatable bonds is 3. The number of nitrogens with one attached hydrogen (secondary N) is 1. The van der Waals surface area contributed by atoms with Crippen molar-refractivity contribution >= 4 is 5.91 Å². The zero-order valence-electron chi connectivity index (χ0n) is 11.9. The van der Waals surface area contributed by atoms with E-state index >= 15 is 0 Å². The molecule has 19 heavy (non-hydrogen) atoms. The molecule has 3 heterocycles. The van der Waals surface area contributed by atoms with E-state index in [1.54, 1.807) is 0 Å². The number of hydrogen-bond acceptors (Lipinski definition) is 3. The molecule has 4 unspecified atom stereocenters. The number of hydrogen-bond donors (Lipinski definition) is 1. The van der Waals surface area contributed by atoms with Gasteiger partial charge < -0.3 is 15.0 Å². The number of carbonyl (C=O) groups excluding carboxylic acids is 1. The van der Waals surface area contributed by atoms with E-state index in [-0.39, 0.29) is 0 Å². The Bertz CT molecular complexity index is 316. The molecule has 3 rings (SSSR count). The van der Waals surface area contributed by atoms with Gasteiger partial charge >= 0.3 is 0 Å². The van der Waals surface area contributed by atoms with Gasteiger partial charge in [-0.05, 0) is 50.6 Å². The van der Waals surface area contributed by atoms with E-state index in [2.05, 4.69) is 17.1 Å². The average molecular weight is 266 g/mol. The van der Waals surface area contributed by atoms with E-state index in [0.29, 0.717) is 36.4 Å². The van der Waals surface area contributed by atoms with Gasteiger partial charge in [-0.3, -0.25) is 4.79 Å². The Morgan fingerprint density at radius 2 is 2.05 bits per heavy atom. The normalized spacial score (nSPS) is 36.3. The van der Waals surface area contributed by atoms with Crippen molar-refractivity contribution in [1.82, 2.24) is 10.2 Å². The average Bonchev–Trinajstić information content (AvgIpc) is 2.78. The molecule has 0 spiro atoms. The van der Waals surface area contributed by atoms with Crippen LogP contribution >= 0.6 is 0 Å². The van der Waals surface area contributed by atoms with E-state index in [1.165, 1.54) is 12.8 Å². The zero-order chi connectivity index (χ0) is 13.2. The van der Waals surface area contributed by atoms with Crippen LogP contribution in [0, 0.1) is 11.8 Å². The van der Waals surface area contributed by atoms with Crippen molar-refractivity contribution < 1.29 is 9.53 Å². The zero-order valence-corrected chi connectivity index (χ0v) is 11.9. The summed E-state index contributed by atoms with van der Waals surface area (Å²) in [5, 5.41) is 3.45. The van der Waals surface area contributed by atoms with Gasteiger partial charge in [0.2, 0.25) is 5.91 Å². The highest BCUT2D eigenvalue weighted by atomic mass is 16.5. The van der Waals surface area contributed by atoms with Gasteiger partial charge in [-0.2, -0.15) is 0 Å². The van der Waals surface area contributed by atoms with Crippen LogP contribution in [0.5, 0.6) is 0 Å². The third-order valence-electron chi connectivity index (χ3n) is 5.03. The van der Waals surface area contributed by atoms with Crippen LogP contribution < -0.4 is 5.32 Å². The summed E-state index contributed by atoms with van der Waals surface area (Å²) in [6.07, 6.45) is 6.14. The van der Waals surface area contributed by atoms with Crippen LogP contribution in [0.15, 0.2) is 0 Å². The van der Waals surface area contributed by atoms with Gasteiger partial charge in [-0.1, -0.05) is 6.92 Å². The number of morpholine rings is 1. The molecule has 0 aromatic rings. The molecule has 3 aliphatic rings. The van der Waals surface area contributed by atoms with Gasteiger partial charge in [-0.15, -0.1) is 0 Å². The second-order valence-electron chi connectivity index (χ2n) is 6.54. The number of fused-ring (bicyclic) bond motifs is 2. The van der Waals surface area contributed by atoms with Crippen molar-refractivity contribution in [2.45, 2.75) is 51.2 Å². The smallest absolute Gasteiger partial charge is 0.223 e. The maximum Gasteiger partial charge on any atom is 0.223 e. The third kappa shape index (κ3) is 3.11. The predicted octanol–water partition coefficient (Wildman–Crippen LogP) is 1.40. The van der Waals surface area contributed by atoms with Gasteiger partial charge in [0.25, 0.3) is 0 Å². The summed E-state index contributed by atoms with van der Waals surface area (Å²) >= 11 is 0. The molecule has 4 nitrogen and oxygen atoms in total. The van der Waals surface area contributed by atoms with E-state index in [0.717, 1.165) is 39.0 Å². The summed E-state index contributed by atoms with van der Waals surface area (Å²) < 4.78 is 5.80. The summed E-state index contributed by atoms with van der Waals surface area (Å²) in [5.74, 6) is 1.52. The molecule has 108 valence electrons. The lowest BCUT2D eigenvalue weighted by atomic mass is 9.85. The maximum absolute atomic E-state index is 12.4. The predicted molar refractivity (Wildman–Crippen MR) is 73.8 cm³/mol. The van der Waals surface area contributed by atoms with Gasteiger partial charge in [0.05, 0.1) is 12.2 Å². The highest BCUT2D eigenvalue weighted by Gasteiger charge is 2.36. The summed E-state index contributed by atoms with van der Waals surface area (Å²) in [5.41, 5.74) is 0. The molecule has 0 aromatic heterocycles. The van der Waals surface area contributed by atoms with Crippen LogP contribution in [0.25, 0.3) is 0 Å². The fraction of sp³-hybridized carbons (Fsp3) is 0.933. The number of ether oxygens (including phenoxy) is 1. The molecule has 1 N–H and O–H groups in total. The topological polar surface area (TPSA) is 41.6 Å². The third-order valence-corrected chi connectivity index (χ3v) is 5.03. The number of amides is 1. The molecule has 0 aromatic carbocycles. The second-order valence-corrected chi connectivity index (χ2v) is 6.54. The molecule has 0 saturated carbocycles. The Morgan fingerprint density at radius 3 is 2.68 bits per heavy atom. The minimum absolute atomic E-state index is 0.314. The van der Waals surface area contributed by atoms with Gasteiger partial charge in [0.1, 0.15) is 0 Å². The monoisotopic (exact) mass is 266 g/mol. The lowest BCUT2D eigenvalue weighted by molar-refractivity contribution is -0.141. The molecule has 2 bridgehead atoms. The molecular formula is C15H26N2O2. The molecule has 3 aliphatic heterocycles. The Labute approximate surface area is 115 Å². The van der Waals surface area contributed by atoms with Crippen molar-refractivity contribution in [2.75, 3.05) is 26.2 Å². The first kappa shape index (κ1) is 13.4. The molecule has 3 fully saturated rings. The van der Waals surface area contributed by atoms with Gasteiger partial charge in [0, 0.05) is 19.5 Å². The molecule has 4 atom stereocenters. The molecular weight excluding hydrogens is 240 g/mol.